The van der Waals surface area contributed by atoms with Gasteiger partial charge in [-0.05, 0) is 18.1 Å². The molecule has 2 heteroatoms. The molecule has 92 valence electrons. The van der Waals surface area contributed by atoms with Crippen molar-refractivity contribution in [2.75, 3.05) is 0 Å². The number of carbonyl (C=O) groups is 1. The van der Waals surface area contributed by atoms with Crippen molar-refractivity contribution in [2.24, 2.45) is 5.73 Å². The van der Waals surface area contributed by atoms with Crippen molar-refractivity contribution in [1.82, 2.24) is 0 Å². The molecule has 0 aliphatic rings. The number of hydrogen-bond donors (Lipinski definition) is 1. The average Bonchev–Trinajstić information content (AvgIpc) is 2.39. The van der Waals surface area contributed by atoms with E-state index in [4.69, 9.17) is 5.73 Å². The number of benzene rings is 2. The highest BCUT2D eigenvalue weighted by atomic mass is 16.1. The van der Waals surface area contributed by atoms with Gasteiger partial charge in [0.25, 0.3) is 0 Å². The van der Waals surface area contributed by atoms with E-state index in [2.05, 4.69) is 12.1 Å². The van der Waals surface area contributed by atoms with Crippen molar-refractivity contribution in [3.05, 3.63) is 60.2 Å². The Morgan fingerprint density at radius 2 is 1.56 bits per heavy atom. The van der Waals surface area contributed by atoms with Gasteiger partial charge in [0.1, 0.15) is 0 Å². The predicted octanol–water partition coefficient (Wildman–Crippen LogP) is 3.27. The zero-order valence-electron chi connectivity index (χ0n) is 10.5. The fourth-order valence-corrected chi connectivity index (χ4v) is 1.89. The summed E-state index contributed by atoms with van der Waals surface area (Å²) >= 11 is 0. The summed E-state index contributed by atoms with van der Waals surface area (Å²) in [5.74, 6) is 0.101. The lowest BCUT2D eigenvalue weighted by Gasteiger charge is -2.06. The smallest absolute Gasteiger partial charge is 0.164 e. The van der Waals surface area contributed by atoms with E-state index in [9.17, 15) is 4.79 Å². The van der Waals surface area contributed by atoms with Crippen LogP contribution in [0.5, 0.6) is 0 Å². The summed E-state index contributed by atoms with van der Waals surface area (Å²) in [6.45, 7) is 1.84. The lowest BCUT2D eigenvalue weighted by atomic mass is 10.0. The number of nitrogens with two attached hydrogens (primary N) is 1. The van der Waals surface area contributed by atoms with Crippen LogP contribution in [0.1, 0.15) is 23.7 Å². The quantitative estimate of drug-likeness (QED) is 0.832. The fraction of sp³-hybridized carbons (Fsp3) is 0.188. The van der Waals surface area contributed by atoms with Gasteiger partial charge in [-0.3, -0.25) is 4.79 Å². The van der Waals surface area contributed by atoms with Gasteiger partial charge in [0.05, 0.1) is 0 Å². The minimum absolute atomic E-state index is 0.0914. The van der Waals surface area contributed by atoms with Gasteiger partial charge in [0.2, 0.25) is 0 Å². The molecule has 2 N–H and O–H groups in total. The highest BCUT2D eigenvalue weighted by Crippen LogP contribution is 2.19. The van der Waals surface area contributed by atoms with Crippen molar-refractivity contribution >= 4 is 5.78 Å². The van der Waals surface area contributed by atoms with Crippen LogP contribution in [0.25, 0.3) is 11.1 Å². The second-order valence-corrected chi connectivity index (χ2v) is 4.55. The summed E-state index contributed by atoms with van der Waals surface area (Å²) in [6.07, 6.45) is 0.394. The van der Waals surface area contributed by atoms with Crippen LogP contribution in [0, 0.1) is 0 Å². The van der Waals surface area contributed by atoms with Crippen LogP contribution in [0.4, 0.5) is 0 Å². The molecule has 18 heavy (non-hydrogen) atoms. The SMILES string of the molecule is CC(N)CC(=O)c1ccc(-c2ccccc2)cc1. The summed E-state index contributed by atoms with van der Waals surface area (Å²) in [4.78, 5) is 11.8. The molecule has 0 aromatic heterocycles. The predicted molar refractivity (Wildman–Crippen MR) is 74.5 cm³/mol. The summed E-state index contributed by atoms with van der Waals surface area (Å²) in [6, 6.07) is 17.7. The topological polar surface area (TPSA) is 43.1 Å². The van der Waals surface area contributed by atoms with E-state index in [1.54, 1.807) is 0 Å². The Kier molecular flexibility index (Phi) is 3.90. The molecule has 2 aromatic carbocycles. The van der Waals surface area contributed by atoms with Crippen LogP contribution in [0.2, 0.25) is 0 Å². The van der Waals surface area contributed by atoms with E-state index in [1.807, 2.05) is 49.4 Å². The summed E-state index contributed by atoms with van der Waals surface area (Å²) in [5, 5.41) is 0. The van der Waals surface area contributed by atoms with E-state index in [0.29, 0.717) is 6.42 Å². The van der Waals surface area contributed by atoms with Crippen molar-refractivity contribution in [3.63, 3.8) is 0 Å². The minimum Gasteiger partial charge on any atom is -0.328 e. The second kappa shape index (κ2) is 5.61. The van der Waals surface area contributed by atoms with Crippen molar-refractivity contribution in [1.29, 1.82) is 0 Å². The number of carbonyl (C=O) groups excluding carboxylic acids is 1. The first kappa shape index (κ1) is 12.5. The van der Waals surface area contributed by atoms with Crippen LogP contribution in [-0.4, -0.2) is 11.8 Å². The zero-order valence-corrected chi connectivity index (χ0v) is 10.5. The molecule has 0 saturated heterocycles. The van der Waals surface area contributed by atoms with E-state index < -0.39 is 0 Å². The highest BCUT2D eigenvalue weighted by molar-refractivity contribution is 5.96. The molecule has 1 unspecified atom stereocenters. The molecule has 0 fully saturated rings. The van der Waals surface area contributed by atoms with Crippen LogP contribution in [-0.2, 0) is 0 Å². The van der Waals surface area contributed by atoms with Crippen molar-refractivity contribution in [2.45, 2.75) is 19.4 Å². The molecule has 0 spiro atoms. The number of Topliss-reactive ketones (excluding diaryl/α,β-unsaturated/α-hetero) is 1. The van der Waals surface area contributed by atoms with E-state index in [1.165, 1.54) is 0 Å². The van der Waals surface area contributed by atoms with Crippen LogP contribution < -0.4 is 5.73 Å². The average molecular weight is 239 g/mol. The van der Waals surface area contributed by atoms with Crippen molar-refractivity contribution in [3.8, 4) is 11.1 Å². The maximum atomic E-state index is 11.8. The maximum absolute atomic E-state index is 11.8. The lowest BCUT2D eigenvalue weighted by Crippen LogP contribution is -2.19. The third-order valence-corrected chi connectivity index (χ3v) is 2.82. The van der Waals surface area contributed by atoms with Gasteiger partial charge in [0, 0.05) is 18.0 Å². The van der Waals surface area contributed by atoms with Crippen LogP contribution >= 0.6 is 0 Å². The fourth-order valence-electron chi connectivity index (χ4n) is 1.89. The first-order valence-corrected chi connectivity index (χ1v) is 6.11. The Hall–Kier alpha value is -1.93. The van der Waals surface area contributed by atoms with Gasteiger partial charge in [0.15, 0.2) is 5.78 Å². The molecule has 0 aliphatic heterocycles. The van der Waals surface area contributed by atoms with Crippen molar-refractivity contribution < 1.29 is 4.79 Å². The van der Waals surface area contributed by atoms with Gasteiger partial charge in [-0.2, -0.15) is 0 Å². The molecular formula is C16H17NO. The molecule has 0 radical (unpaired) electrons. The summed E-state index contributed by atoms with van der Waals surface area (Å²) < 4.78 is 0. The second-order valence-electron chi connectivity index (χ2n) is 4.55. The minimum atomic E-state index is -0.0914. The van der Waals surface area contributed by atoms with Crippen LogP contribution in [0.15, 0.2) is 54.6 Å². The van der Waals surface area contributed by atoms with Gasteiger partial charge in [-0.15, -0.1) is 0 Å². The molecular weight excluding hydrogens is 222 g/mol. The lowest BCUT2D eigenvalue weighted by molar-refractivity contribution is 0.0976. The Labute approximate surface area is 107 Å². The largest absolute Gasteiger partial charge is 0.328 e. The van der Waals surface area contributed by atoms with Gasteiger partial charge < -0.3 is 5.73 Å². The Morgan fingerprint density at radius 1 is 1.00 bits per heavy atom. The van der Waals surface area contributed by atoms with Gasteiger partial charge in [-0.25, -0.2) is 0 Å². The normalized spacial score (nSPS) is 12.1. The van der Waals surface area contributed by atoms with Crippen LogP contribution in [0.3, 0.4) is 0 Å². The zero-order chi connectivity index (χ0) is 13.0. The van der Waals surface area contributed by atoms with E-state index in [0.717, 1.165) is 16.7 Å². The molecule has 2 nitrogen and oxygen atoms in total. The van der Waals surface area contributed by atoms with E-state index >= 15 is 0 Å². The molecule has 0 amide bonds. The first-order valence-electron chi connectivity index (χ1n) is 6.11. The van der Waals surface area contributed by atoms with E-state index in [-0.39, 0.29) is 11.8 Å². The molecule has 0 heterocycles. The Bertz CT molecular complexity index is 515. The molecule has 0 bridgehead atoms. The van der Waals surface area contributed by atoms with Gasteiger partial charge >= 0.3 is 0 Å². The molecule has 2 aromatic rings. The molecule has 0 aliphatic carbocycles. The molecule has 2 rings (SSSR count). The maximum Gasteiger partial charge on any atom is 0.164 e. The third kappa shape index (κ3) is 3.05. The Morgan fingerprint density at radius 3 is 2.11 bits per heavy atom. The number of hydrogen-bond acceptors (Lipinski definition) is 2. The Balaban J connectivity index is 2.18. The summed E-state index contributed by atoms with van der Waals surface area (Å²) in [5.41, 5.74) is 8.63. The molecule has 0 saturated carbocycles. The standard InChI is InChI=1S/C16H17NO/c1-12(17)11-16(18)15-9-7-14(8-10-15)13-5-3-2-4-6-13/h2-10,12H,11,17H2,1H3. The third-order valence-electron chi connectivity index (χ3n) is 2.82. The van der Waals surface area contributed by atoms with Gasteiger partial charge in [-0.1, -0.05) is 54.6 Å². The molecule has 1 atom stereocenters. The highest BCUT2D eigenvalue weighted by Gasteiger charge is 2.08. The number of ketones is 1. The number of rotatable bonds is 4. The monoisotopic (exact) mass is 239 g/mol. The summed E-state index contributed by atoms with van der Waals surface area (Å²) in [7, 11) is 0. The first-order chi connectivity index (χ1) is 8.66.